The highest BCUT2D eigenvalue weighted by atomic mass is 14.3. The Morgan fingerprint density at radius 2 is 0.971 bits per heavy atom. The summed E-state index contributed by atoms with van der Waals surface area (Å²) in [5, 5.41) is 0. The summed E-state index contributed by atoms with van der Waals surface area (Å²) < 4.78 is 0. The van der Waals surface area contributed by atoms with E-state index >= 15 is 0 Å². The molecule has 0 radical (unpaired) electrons. The lowest BCUT2D eigenvalue weighted by Crippen LogP contribution is -2.19. The van der Waals surface area contributed by atoms with E-state index in [1.54, 1.807) is 0 Å². The van der Waals surface area contributed by atoms with Gasteiger partial charge < -0.3 is 0 Å². The number of hydrogen-bond acceptors (Lipinski definition) is 0. The Bertz CT molecular complexity index is 1150. The van der Waals surface area contributed by atoms with Crippen molar-refractivity contribution in [2.75, 3.05) is 0 Å². The topological polar surface area (TPSA) is 0 Å². The minimum atomic E-state index is 0.392. The van der Waals surface area contributed by atoms with E-state index in [0.717, 1.165) is 12.8 Å². The summed E-state index contributed by atoms with van der Waals surface area (Å²) in [5.41, 5.74) is 8.65. The summed E-state index contributed by atoms with van der Waals surface area (Å²) in [6, 6.07) is 40.6. The van der Waals surface area contributed by atoms with Crippen molar-refractivity contribution in [1.82, 2.24) is 0 Å². The first-order valence-corrected chi connectivity index (χ1v) is 12.8. The highest BCUT2D eigenvalue weighted by Gasteiger charge is 2.28. The Balaban J connectivity index is 1.83. The molecular weight excluding hydrogens is 408 g/mol. The first-order valence-electron chi connectivity index (χ1n) is 12.8. The van der Waals surface area contributed by atoms with E-state index in [1.165, 1.54) is 33.4 Å². The third kappa shape index (κ3) is 5.86. The van der Waals surface area contributed by atoms with Crippen LogP contribution in [0.25, 0.3) is 0 Å². The summed E-state index contributed by atoms with van der Waals surface area (Å²) >= 11 is 0. The van der Waals surface area contributed by atoms with Gasteiger partial charge in [0.1, 0.15) is 0 Å². The second kappa shape index (κ2) is 11.3. The molecule has 4 rings (SSSR count). The third-order valence-electron chi connectivity index (χ3n) is 7.10. The first kappa shape index (κ1) is 24.0. The SMILES string of the molecule is CC(C)c1cccc(CC(c2ccccc2)C(Cc2ccccc2)c2ccccc2C(C)C)c1. The molecule has 0 N–H and O–H groups in total. The van der Waals surface area contributed by atoms with E-state index in [9.17, 15) is 0 Å². The van der Waals surface area contributed by atoms with Crippen molar-refractivity contribution < 1.29 is 0 Å². The van der Waals surface area contributed by atoms with Gasteiger partial charge in [-0.3, -0.25) is 0 Å². The molecule has 0 nitrogen and oxygen atoms in total. The fourth-order valence-corrected chi connectivity index (χ4v) is 5.24. The predicted octanol–water partition coefficient (Wildman–Crippen LogP) is 9.29. The van der Waals surface area contributed by atoms with Gasteiger partial charge >= 0.3 is 0 Å². The van der Waals surface area contributed by atoms with Crippen LogP contribution in [0.2, 0.25) is 0 Å². The zero-order valence-corrected chi connectivity index (χ0v) is 21.1. The van der Waals surface area contributed by atoms with Crippen LogP contribution in [-0.4, -0.2) is 0 Å². The van der Waals surface area contributed by atoms with Crippen LogP contribution in [0.5, 0.6) is 0 Å². The standard InChI is InChI=1S/C34H38/c1-25(2)30-19-13-16-28(22-30)24-33(29-17-9-6-10-18-29)34(23-27-14-7-5-8-15-27)32-21-12-11-20-31(32)26(3)4/h5-22,25-26,33-34H,23-24H2,1-4H3. The number of benzene rings is 4. The minimum Gasteiger partial charge on any atom is -0.0622 e. The van der Waals surface area contributed by atoms with Crippen molar-refractivity contribution >= 4 is 0 Å². The van der Waals surface area contributed by atoms with Gasteiger partial charge in [-0.15, -0.1) is 0 Å². The van der Waals surface area contributed by atoms with Gasteiger partial charge in [-0.05, 0) is 69.9 Å². The molecule has 2 atom stereocenters. The fraction of sp³-hybridized carbons (Fsp3) is 0.294. The molecular formula is C34H38. The van der Waals surface area contributed by atoms with Gasteiger partial charge in [0.05, 0.1) is 0 Å². The molecule has 4 aromatic carbocycles. The molecule has 4 aromatic rings. The second-order valence-corrected chi connectivity index (χ2v) is 10.2. The lowest BCUT2D eigenvalue weighted by molar-refractivity contribution is 0.525. The third-order valence-corrected chi connectivity index (χ3v) is 7.10. The largest absolute Gasteiger partial charge is 0.0622 e. The van der Waals surface area contributed by atoms with E-state index in [4.69, 9.17) is 0 Å². The Labute approximate surface area is 206 Å². The highest BCUT2D eigenvalue weighted by molar-refractivity contribution is 5.39. The molecule has 2 unspecified atom stereocenters. The smallest absolute Gasteiger partial charge is 0.00466 e. The first-order chi connectivity index (χ1) is 16.5. The molecule has 0 bridgehead atoms. The van der Waals surface area contributed by atoms with Crippen LogP contribution in [0.4, 0.5) is 0 Å². The van der Waals surface area contributed by atoms with Gasteiger partial charge in [0, 0.05) is 0 Å². The van der Waals surface area contributed by atoms with Crippen molar-refractivity contribution in [3.63, 3.8) is 0 Å². The van der Waals surface area contributed by atoms with Gasteiger partial charge in [-0.2, -0.15) is 0 Å². The van der Waals surface area contributed by atoms with Crippen LogP contribution in [0.1, 0.15) is 84.7 Å². The summed E-state index contributed by atoms with van der Waals surface area (Å²) in [7, 11) is 0. The van der Waals surface area contributed by atoms with E-state index < -0.39 is 0 Å². The van der Waals surface area contributed by atoms with E-state index in [2.05, 4.69) is 137 Å². The molecule has 0 aliphatic rings. The average Bonchev–Trinajstić information content (AvgIpc) is 2.87. The van der Waals surface area contributed by atoms with Crippen molar-refractivity contribution in [2.24, 2.45) is 0 Å². The van der Waals surface area contributed by atoms with Crippen LogP contribution in [0, 0.1) is 0 Å². The summed E-state index contributed by atoms with van der Waals surface area (Å²) in [4.78, 5) is 0. The van der Waals surface area contributed by atoms with E-state index in [0.29, 0.717) is 23.7 Å². The zero-order valence-electron chi connectivity index (χ0n) is 21.1. The van der Waals surface area contributed by atoms with Crippen LogP contribution in [0.15, 0.2) is 109 Å². The molecule has 0 saturated carbocycles. The molecule has 0 saturated heterocycles. The van der Waals surface area contributed by atoms with Crippen LogP contribution in [0.3, 0.4) is 0 Å². The molecule has 174 valence electrons. The molecule has 34 heavy (non-hydrogen) atoms. The van der Waals surface area contributed by atoms with Gasteiger partial charge in [0.15, 0.2) is 0 Å². The maximum absolute atomic E-state index is 2.43. The monoisotopic (exact) mass is 446 g/mol. The van der Waals surface area contributed by atoms with Gasteiger partial charge in [0.25, 0.3) is 0 Å². The Morgan fingerprint density at radius 1 is 0.441 bits per heavy atom. The summed E-state index contributed by atoms with van der Waals surface area (Å²) in [6.45, 7) is 9.21. The lowest BCUT2D eigenvalue weighted by atomic mass is 9.73. The number of hydrogen-bond donors (Lipinski definition) is 0. The van der Waals surface area contributed by atoms with Crippen molar-refractivity contribution in [3.8, 4) is 0 Å². The van der Waals surface area contributed by atoms with Gasteiger partial charge in [-0.1, -0.05) is 137 Å². The fourth-order valence-electron chi connectivity index (χ4n) is 5.24. The number of rotatable bonds is 9. The lowest BCUT2D eigenvalue weighted by Gasteiger charge is -2.31. The maximum atomic E-state index is 2.43. The molecule has 0 heteroatoms. The van der Waals surface area contributed by atoms with Crippen LogP contribution in [-0.2, 0) is 12.8 Å². The Morgan fingerprint density at radius 3 is 1.62 bits per heavy atom. The van der Waals surface area contributed by atoms with Crippen LogP contribution >= 0.6 is 0 Å². The average molecular weight is 447 g/mol. The molecule has 0 fully saturated rings. The van der Waals surface area contributed by atoms with Crippen molar-refractivity contribution in [1.29, 1.82) is 0 Å². The summed E-state index contributed by atoms with van der Waals surface area (Å²) in [6.07, 6.45) is 2.07. The molecule has 0 heterocycles. The highest BCUT2D eigenvalue weighted by Crippen LogP contribution is 2.41. The summed E-state index contributed by atoms with van der Waals surface area (Å²) in [5.74, 6) is 1.82. The maximum Gasteiger partial charge on any atom is -0.00466 e. The normalized spacial score (nSPS) is 13.2. The molecule has 0 aliphatic heterocycles. The van der Waals surface area contributed by atoms with E-state index in [-0.39, 0.29) is 0 Å². The predicted molar refractivity (Wildman–Crippen MR) is 147 cm³/mol. The quantitative estimate of drug-likeness (QED) is 0.240. The minimum absolute atomic E-state index is 0.392. The van der Waals surface area contributed by atoms with Crippen LogP contribution < -0.4 is 0 Å². The Kier molecular flexibility index (Phi) is 8.01. The van der Waals surface area contributed by atoms with Crippen molar-refractivity contribution in [2.45, 2.75) is 64.2 Å². The zero-order chi connectivity index (χ0) is 23.9. The molecule has 0 aromatic heterocycles. The molecule has 0 aliphatic carbocycles. The van der Waals surface area contributed by atoms with Gasteiger partial charge in [0.2, 0.25) is 0 Å². The van der Waals surface area contributed by atoms with Gasteiger partial charge in [-0.25, -0.2) is 0 Å². The molecule has 0 spiro atoms. The van der Waals surface area contributed by atoms with Crippen molar-refractivity contribution in [3.05, 3.63) is 143 Å². The van der Waals surface area contributed by atoms with E-state index in [1.807, 2.05) is 0 Å². The second-order valence-electron chi connectivity index (χ2n) is 10.2. The molecule has 0 amide bonds. The Hall–Kier alpha value is -3.12.